The van der Waals surface area contributed by atoms with Gasteiger partial charge >= 0.3 is 0 Å². The van der Waals surface area contributed by atoms with Gasteiger partial charge in [0, 0.05) is 25.0 Å². The molecule has 0 atom stereocenters. The number of pyridine rings is 1. The summed E-state index contributed by atoms with van der Waals surface area (Å²) in [6.07, 6.45) is 11.3. The fraction of sp³-hybridized carbons (Fsp3) is 0.500. The van der Waals surface area contributed by atoms with Crippen molar-refractivity contribution >= 4 is 11.7 Å². The van der Waals surface area contributed by atoms with Crippen molar-refractivity contribution in [3.63, 3.8) is 0 Å². The number of amides is 1. The number of carbonyl (C=O) groups is 1. The highest BCUT2D eigenvalue weighted by Crippen LogP contribution is 2.32. The summed E-state index contributed by atoms with van der Waals surface area (Å²) >= 11 is 0. The summed E-state index contributed by atoms with van der Waals surface area (Å²) in [6.45, 7) is 10.8. The maximum atomic E-state index is 12.9. The van der Waals surface area contributed by atoms with Crippen LogP contribution in [0.15, 0.2) is 41.8 Å². The third-order valence-corrected chi connectivity index (χ3v) is 5.22. The van der Waals surface area contributed by atoms with E-state index in [4.69, 9.17) is 0 Å². The van der Waals surface area contributed by atoms with E-state index < -0.39 is 0 Å². The SMILES string of the molecule is CC1CCN(c2ncccc2C(=O)NC2=CC[CH]C(C(C)(C)C)=C2)CC1. The summed E-state index contributed by atoms with van der Waals surface area (Å²) < 4.78 is 0. The Balaban J connectivity index is 1.77. The van der Waals surface area contributed by atoms with Crippen molar-refractivity contribution in [1.82, 2.24) is 10.3 Å². The molecular weight excluding hydrogens is 322 g/mol. The van der Waals surface area contributed by atoms with Crippen LogP contribution >= 0.6 is 0 Å². The van der Waals surface area contributed by atoms with E-state index in [9.17, 15) is 4.79 Å². The maximum Gasteiger partial charge on any atom is 0.259 e. The van der Waals surface area contributed by atoms with Gasteiger partial charge in [0.1, 0.15) is 5.82 Å². The third-order valence-electron chi connectivity index (χ3n) is 5.22. The maximum absolute atomic E-state index is 12.9. The lowest BCUT2D eigenvalue weighted by Gasteiger charge is -2.32. The van der Waals surface area contributed by atoms with Gasteiger partial charge in [-0.3, -0.25) is 4.79 Å². The number of allylic oxidation sites excluding steroid dienone is 3. The van der Waals surface area contributed by atoms with Gasteiger partial charge in [-0.25, -0.2) is 4.98 Å². The molecule has 139 valence electrons. The molecule has 1 aliphatic carbocycles. The van der Waals surface area contributed by atoms with Crippen molar-refractivity contribution in [3.8, 4) is 0 Å². The minimum Gasteiger partial charge on any atom is -0.356 e. The highest BCUT2D eigenvalue weighted by Gasteiger charge is 2.23. The molecular formula is C22H30N3O. The molecule has 1 aromatic heterocycles. The molecule has 1 aromatic rings. The Kier molecular flexibility index (Phi) is 5.49. The normalized spacial score (nSPS) is 19.0. The van der Waals surface area contributed by atoms with Crippen molar-refractivity contribution in [3.05, 3.63) is 53.7 Å². The topological polar surface area (TPSA) is 45.2 Å². The second-order valence-corrected chi connectivity index (χ2v) is 8.45. The van der Waals surface area contributed by atoms with Gasteiger partial charge in [0.15, 0.2) is 0 Å². The van der Waals surface area contributed by atoms with Crippen LogP contribution in [0.25, 0.3) is 0 Å². The first-order valence-electron chi connectivity index (χ1n) is 9.61. The molecule has 1 N–H and O–H groups in total. The predicted molar refractivity (Wildman–Crippen MR) is 107 cm³/mol. The van der Waals surface area contributed by atoms with Gasteiger partial charge in [0.25, 0.3) is 5.91 Å². The predicted octanol–water partition coefficient (Wildman–Crippen LogP) is 4.51. The zero-order chi connectivity index (χ0) is 18.7. The molecule has 0 unspecified atom stereocenters. The number of piperidine rings is 1. The van der Waals surface area contributed by atoms with Gasteiger partial charge < -0.3 is 10.2 Å². The van der Waals surface area contributed by atoms with Crippen molar-refractivity contribution in [2.24, 2.45) is 11.3 Å². The van der Waals surface area contributed by atoms with Gasteiger partial charge in [0.05, 0.1) is 5.56 Å². The Labute approximate surface area is 157 Å². The highest BCUT2D eigenvalue weighted by molar-refractivity contribution is 6.00. The lowest BCUT2D eigenvalue weighted by molar-refractivity contribution is 0.0967. The Bertz CT molecular complexity index is 719. The molecule has 1 amide bonds. The van der Waals surface area contributed by atoms with E-state index in [2.05, 4.69) is 61.5 Å². The zero-order valence-electron chi connectivity index (χ0n) is 16.4. The molecule has 0 aromatic carbocycles. The minimum absolute atomic E-state index is 0.0776. The van der Waals surface area contributed by atoms with Crippen LogP contribution in [0, 0.1) is 17.8 Å². The van der Waals surface area contributed by atoms with Crippen LogP contribution in [0.4, 0.5) is 5.82 Å². The largest absolute Gasteiger partial charge is 0.356 e. The van der Waals surface area contributed by atoms with Crippen LogP contribution in [-0.2, 0) is 0 Å². The van der Waals surface area contributed by atoms with Crippen LogP contribution < -0.4 is 10.2 Å². The van der Waals surface area contributed by atoms with Crippen LogP contribution in [-0.4, -0.2) is 24.0 Å². The van der Waals surface area contributed by atoms with Gasteiger partial charge in [-0.2, -0.15) is 0 Å². The molecule has 1 fully saturated rings. The molecule has 1 aliphatic heterocycles. The standard InChI is InChI=1S/C22H30N3O/c1-16-10-13-25(14-11-16)20-19(9-6-12-23-20)21(26)24-18-8-5-7-17(15-18)22(2,3)4/h6-9,12,15-16H,5,10-11,13-14H2,1-4H3,(H,24,26). The first-order valence-corrected chi connectivity index (χ1v) is 9.61. The summed E-state index contributed by atoms with van der Waals surface area (Å²) in [5.74, 6) is 1.47. The number of nitrogens with one attached hydrogen (secondary N) is 1. The van der Waals surface area contributed by atoms with Crippen LogP contribution in [0.3, 0.4) is 0 Å². The Morgan fingerprint density at radius 2 is 2.00 bits per heavy atom. The average molecular weight is 353 g/mol. The van der Waals surface area contributed by atoms with E-state index in [1.165, 1.54) is 5.57 Å². The monoisotopic (exact) mass is 352 g/mol. The van der Waals surface area contributed by atoms with Gasteiger partial charge in [-0.1, -0.05) is 39.3 Å². The molecule has 4 nitrogen and oxygen atoms in total. The van der Waals surface area contributed by atoms with Gasteiger partial charge in [0.2, 0.25) is 0 Å². The van der Waals surface area contributed by atoms with E-state index in [1.54, 1.807) is 6.20 Å². The molecule has 26 heavy (non-hydrogen) atoms. The summed E-state index contributed by atoms with van der Waals surface area (Å²) in [5, 5.41) is 3.08. The summed E-state index contributed by atoms with van der Waals surface area (Å²) in [4.78, 5) is 19.7. The van der Waals surface area contributed by atoms with Crippen molar-refractivity contribution in [2.45, 2.75) is 47.0 Å². The summed E-state index contributed by atoms with van der Waals surface area (Å²) in [6, 6.07) is 3.71. The van der Waals surface area contributed by atoms with E-state index >= 15 is 0 Å². The average Bonchev–Trinajstić information content (AvgIpc) is 2.62. The fourth-order valence-electron chi connectivity index (χ4n) is 3.45. The third kappa shape index (κ3) is 4.35. The van der Waals surface area contributed by atoms with Crippen LogP contribution in [0.5, 0.6) is 0 Å². The lowest BCUT2D eigenvalue weighted by atomic mass is 9.81. The van der Waals surface area contributed by atoms with Crippen molar-refractivity contribution in [1.29, 1.82) is 0 Å². The number of anilines is 1. The summed E-state index contributed by atoms with van der Waals surface area (Å²) in [7, 11) is 0. The van der Waals surface area contributed by atoms with Gasteiger partial charge in [-0.05, 0) is 55.2 Å². The quantitative estimate of drug-likeness (QED) is 0.870. The summed E-state index contributed by atoms with van der Waals surface area (Å²) in [5.41, 5.74) is 2.87. The Hall–Kier alpha value is -2.10. The second-order valence-electron chi connectivity index (χ2n) is 8.45. The zero-order valence-corrected chi connectivity index (χ0v) is 16.4. The molecule has 2 aliphatic rings. The van der Waals surface area contributed by atoms with Crippen molar-refractivity contribution < 1.29 is 4.79 Å². The number of nitrogens with zero attached hydrogens (tertiary/aromatic N) is 2. The Morgan fingerprint density at radius 3 is 2.69 bits per heavy atom. The Morgan fingerprint density at radius 1 is 1.27 bits per heavy atom. The van der Waals surface area contributed by atoms with E-state index in [1.807, 2.05) is 12.1 Å². The van der Waals surface area contributed by atoms with E-state index in [0.717, 1.165) is 49.8 Å². The molecule has 0 spiro atoms. The smallest absolute Gasteiger partial charge is 0.259 e. The molecule has 4 heteroatoms. The van der Waals surface area contributed by atoms with Crippen molar-refractivity contribution in [2.75, 3.05) is 18.0 Å². The molecule has 2 heterocycles. The highest BCUT2D eigenvalue weighted by atomic mass is 16.1. The number of carbonyl (C=O) groups excluding carboxylic acids is 1. The van der Waals surface area contributed by atoms with Gasteiger partial charge in [-0.15, -0.1) is 0 Å². The first-order chi connectivity index (χ1) is 12.3. The molecule has 0 saturated carbocycles. The van der Waals surface area contributed by atoms with Crippen LogP contribution in [0.2, 0.25) is 0 Å². The lowest BCUT2D eigenvalue weighted by Crippen LogP contribution is -2.35. The van der Waals surface area contributed by atoms with E-state index in [-0.39, 0.29) is 11.3 Å². The number of hydrogen-bond acceptors (Lipinski definition) is 3. The van der Waals surface area contributed by atoms with E-state index in [0.29, 0.717) is 5.56 Å². The fourth-order valence-corrected chi connectivity index (χ4v) is 3.45. The minimum atomic E-state index is -0.0793. The van der Waals surface area contributed by atoms with Crippen LogP contribution in [0.1, 0.15) is 57.3 Å². The second kappa shape index (κ2) is 7.65. The number of hydrogen-bond donors (Lipinski definition) is 1. The molecule has 3 rings (SSSR count). The molecule has 0 bridgehead atoms. The molecule has 1 radical (unpaired) electrons. The molecule has 1 saturated heterocycles. The number of aromatic nitrogens is 1. The number of rotatable bonds is 3. The first kappa shape index (κ1) is 18.7.